The molecule has 24 heavy (non-hydrogen) atoms. The fraction of sp³-hybridized carbons (Fsp3) is 0.0667. The highest BCUT2D eigenvalue weighted by Gasteiger charge is 2.39. The Labute approximate surface area is 138 Å². The maximum absolute atomic E-state index is 12.4. The smallest absolute Gasteiger partial charge is 0.471 e. The van der Waals surface area contributed by atoms with E-state index in [0.29, 0.717) is 5.02 Å². The summed E-state index contributed by atoms with van der Waals surface area (Å²) in [7, 11) is 0. The third-order valence-electron chi connectivity index (χ3n) is 2.77. The summed E-state index contributed by atoms with van der Waals surface area (Å²) in [5.41, 5.74) is -0.733. The monoisotopic (exact) mass is 359 g/mol. The second kappa shape index (κ2) is 6.79. The number of carbonyl (C=O) groups is 2. The van der Waals surface area contributed by atoms with Crippen molar-refractivity contribution in [1.29, 1.82) is 0 Å². The molecule has 0 radical (unpaired) electrons. The van der Waals surface area contributed by atoms with Crippen LogP contribution in [0, 0.1) is 0 Å². The van der Waals surface area contributed by atoms with Gasteiger partial charge in [0.2, 0.25) is 0 Å². The van der Waals surface area contributed by atoms with Crippen molar-refractivity contribution in [2.45, 2.75) is 6.18 Å². The van der Waals surface area contributed by atoms with Crippen LogP contribution in [0.25, 0.3) is 0 Å². The molecule has 5 nitrogen and oxygen atoms in total. The Morgan fingerprint density at radius 3 is 2.25 bits per heavy atom. The van der Waals surface area contributed by atoms with Crippen LogP contribution in [0.5, 0.6) is 11.5 Å². The van der Waals surface area contributed by atoms with Gasteiger partial charge in [-0.1, -0.05) is 11.6 Å². The second-order valence-corrected chi connectivity index (χ2v) is 4.96. The summed E-state index contributed by atoms with van der Waals surface area (Å²) in [6.07, 6.45) is -5.13. The normalized spacial score (nSPS) is 11.0. The molecule has 0 atom stereocenters. The van der Waals surface area contributed by atoms with Gasteiger partial charge < -0.3 is 15.2 Å². The maximum Gasteiger partial charge on any atom is 0.471 e. The second-order valence-electron chi connectivity index (χ2n) is 4.52. The standard InChI is InChI=1S/C15H9ClF3NO4/c16-9-2-4-10(5-3-9)24-12-6-1-8(13(21)22)7-11(12)20-14(23)15(17,18)19/h1-7H,(H,20,23)(H,21,22). The minimum absolute atomic E-state index is 0.153. The van der Waals surface area contributed by atoms with Crippen molar-refractivity contribution in [1.82, 2.24) is 0 Å². The summed E-state index contributed by atoms with van der Waals surface area (Å²) in [4.78, 5) is 22.1. The van der Waals surface area contributed by atoms with E-state index in [0.717, 1.165) is 18.2 Å². The highest BCUT2D eigenvalue weighted by atomic mass is 35.5. The van der Waals surface area contributed by atoms with Gasteiger partial charge in [-0.3, -0.25) is 4.79 Å². The zero-order valence-corrected chi connectivity index (χ0v) is 12.5. The van der Waals surface area contributed by atoms with Crippen molar-refractivity contribution in [3.8, 4) is 11.5 Å². The molecule has 0 unspecified atom stereocenters. The van der Waals surface area contributed by atoms with Crippen molar-refractivity contribution in [2.75, 3.05) is 5.32 Å². The summed E-state index contributed by atoms with van der Waals surface area (Å²) in [6, 6.07) is 9.07. The molecule has 0 aromatic heterocycles. The fourth-order valence-electron chi connectivity index (χ4n) is 1.67. The first-order valence-electron chi connectivity index (χ1n) is 6.36. The molecule has 0 bridgehead atoms. The van der Waals surface area contributed by atoms with Gasteiger partial charge in [0.25, 0.3) is 0 Å². The Balaban J connectivity index is 2.36. The number of carboxylic acids is 1. The van der Waals surface area contributed by atoms with Gasteiger partial charge in [-0.15, -0.1) is 0 Å². The van der Waals surface area contributed by atoms with Gasteiger partial charge in [-0.2, -0.15) is 13.2 Å². The molecule has 1 amide bonds. The highest BCUT2D eigenvalue weighted by molar-refractivity contribution is 6.30. The lowest BCUT2D eigenvalue weighted by atomic mass is 10.2. The number of alkyl halides is 3. The van der Waals surface area contributed by atoms with Crippen molar-refractivity contribution in [3.63, 3.8) is 0 Å². The first kappa shape index (κ1) is 17.6. The molecule has 0 fully saturated rings. The number of hydrogen-bond acceptors (Lipinski definition) is 3. The summed E-state index contributed by atoms with van der Waals surface area (Å²) in [6.45, 7) is 0. The van der Waals surface area contributed by atoms with Gasteiger partial charge in [0.15, 0.2) is 5.75 Å². The summed E-state index contributed by atoms with van der Waals surface area (Å²) in [5.74, 6) is -3.52. The molecule has 0 spiro atoms. The van der Waals surface area contributed by atoms with Crippen molar-refractivity contribution >= 4 is 29.2 Å². The van der Waals surface area contributed by atoms with Gasteiger partial charge in [0.1, 0.15) is 5.75 Å². The van der Waals surface area contributed by atoms with Crippen molar-refractivity contribution in [2.24, 2.45) is 0 Å². The SMILES string of the molecule is O=C(O)c1ccc(Oc2ccc(Cl)cc2)c(NC(=O)C(F)(F)F)c1. The number of anilines is 1. The molecular weight excluding hydrogens is 351 g/mol. The number of aromatic carboxylic acids is 1. The van der Waals surface area contributed by atoms with Crippen molar-refractivity contribution in [3.05, 3.63) is 53.1 Å². The Kier molecular flexibility index (Phi) is 4.99. The summed E-state index contributed by atoms with van der Waals surface area (Å²) in [5, 5.41) is 10.9. The zero-order chi connectivity index (χ0) is 17.9. The predicted octanol–water partition coefficient (Wildman–Crippen LogP) is 4.33. The summed E-state index contributed by atoms with van der Waals surface area (Å²) < 4.78 is 42.6. The average molecular weight is 360 g/mol. The molecule has 2 rings (SSSR count). The van der Waals surface area contributed by atoms with Crippen molar-refractivity contribution < 1.29 is 32.6 Å². The number of carbonyl (C=O) groups excluding carboxylic acids is 1. The molecule has 2 N–H and O–H groups in total. The number of nitrogens with one attached hydrogen (secondary N) is 1. The van der Waals surface area contributed by atoms with Gasteiger partial charge in [-0.25, -0.2) is 4.79 Å². The van der Waals surface area contributed by atoms with Crippen LogP contribution in [-0.4, -0.2) is 23.2 Å². The predicted molar refractivity (Wildman–Crippen MR) is 79.6 cm³/mol. The third-order valence-corrected chi connectivity index (χ3v) is 3.03. The van der Waals surface area contributed by atoms with E-state index in [2.05, 4.69) is 0 Å². The molecule has 0 saturated heterocycles. The Morgan fingerprint density at radius 2 is 1.71 bits per heavy atom. The number of benzene rings is 2. The maximum atomic E-state index is 12.4. The Bertz CT molecular complexity index is 775. The molecule has 126 valence electrons. The van der Waals surface area contributed by atoms with Crippen LogP contribution in [0.1, 0.15) is 10.4 Å². The van der Waals surface area contributed by atoms with Crippen LogP contribution in [0.2, 0.25) is 5.02 Å². The molecule has 9 heteroatoms. The molecule has 0 heterocycles. The number of carboxylic acid groups (broad SMARTS) is 1. The Morgan fingerprint density at radius 1 is 1.08 bits per heavy atom. The molecule has 0 aliphatic heterocycles. The van der Waals surface area contributed by atoms with E-state index >= 15 is 0 Å². The van der Waals surface area contributed by atoms with E-state index in [1.54, 1.807) is 5.32 Å². The van der Waals surface area contributed by atoms with E-state index in [1.807, 2.05) is 0 Å². The van der Waals surface area contributed by atoms with Crippen LogP contribution < -0.4 is 10.1 Å². The third kappa shape index (κ3) is 4.39. The zero-order valence-electron chi connectivity index (χ0n) is 11.7. The van der Waals surface area contributed by atoms with Crippen LogP contribution in [0.4, 0.5) is 18.9 Å². The van der Waals surface area contributed by atoms with Gasteiger partial charge in [-0.05, 0) is 42.5 Å². The van der Waals surface area contributed by atoms with E-state index in [-0.39, 0.29) is 17.1 Å². The van der Waals surface area contributed by atoms with Crippen LogP contribution in [-0.2, 0) is 4.79 Å². The Hall–Kier alpha value is -2.74. The molecule has 0 aliphatic rings. The first-order chi connectivity index (χ1) is 11.2. The van der Waals surface area contributed by atoms with Gasteiger partial charge in [0.05, 0.1) is 11.3 Å². The lowest BCUT2D eigenvalue weighted by molar-refractivity contribution is -0.167. The lowest BCUT2D eigenvalue weighted by Crippen LogP contribution is -2.30. The molecule has 2 aromatic carbocycles. The number of rotatable bonds is 4. The molecule has 2 aromatic rings. The fourth-order valence-corrected chi connectivity index (χ4v) is 1.80. The molecular formula is C15H9ClF3NO4. The van der Waals surface area contributed by atoms with E-state index in [1.165, 1.54) is 24.3 Å². The van der Waals surface area contributed by atoms with E-state index < -0.39 is 23.7 Å². The van der Waals surface area contributed by atoms with Gasteiger partial charge in [0, 0.05) is 5.02 Å². The summed E-state index contributed by atoms with van der Waals surface area (Å²) >= 11 is 5.72. The minimum atomic E-state index is -5.13. The van der Waals surface area contributed by atoms with Gasteiger partial charge >= 0.3 is 18.1 Å². The first-order valence-corrected chi connectivity index (χ1v) is 6.73. The van der Waals surface area contributed by atoms with E-state index in [4.69, 9.17) is 21.4 Å². The highest BCUT2D eigenvalue weighted by Crippen LogP contribution is 2.32. The largest absolute Gasteiger partial charge is 0.478 e. The topological polar surface area (TPSA) is 75.6 Å². The van der Waals surface area contributed by atoms with E-state index in [9.17, 15) is 22.8 Å². The quantitative estimate of drug-likeness (QED) is 0.852. The number of amides is 1. The lowest BCUT2D eigenvalue weighted by Gasteiger charge is -2.14. The minimum Gasteiger partial charge on any atom is -0.478 e. The molecule has 0 aliphatic carbocycles. The number of hydrogen-bond donors (Lipinski definition) is 2. The number of halogens is 4. The molecule has 0 saturated carbocycles. The van der Waals surface area contributed by atoms with Crippen LogP contribution in [0.3, 0.4) is 0 Å². The van der Waals surface area contributed by atoms with Crippen LogP contribution >= 0.6 is 11.6 Å². The van der Waals surface area contributed by atoms with Crippen LogP contribution in [0.15, 0.2) is 42.5 Å². The number of ether oxygens (including phenoxy) is 1. The average Bonchev–Trinajstić information content (AvgIpc) is 2.50.